The topological polar surface area (TPSA) is 41.6 Å². The van der Waals surface area contributed by atoms with Crippen LogP contribution < -0.4 is 5.32 Å². The molecular weight excluding hydrogens is 240 g/mol. The number of nitrogens with zero attached hydrogens (tertiary/aromatic N) is 1. The highest BCUT2D eigenvalue weighted by molar-refractivity contribution is 5.82. The molecule has 19 heavy (non-hydrogen) atoms. The van der Waals surface area contributed by atoms with E-state index in [1.54, 1.807) is 7.11 Å². The average molecular weight is 268 g/mol. The normalized spacial score (nSPS) is 32.3. The number of piperidine rings is 2. The molecule has 2 heterocycles. The molecule has 3 atom stereocenters. The van der Waals surface area contributed by atoms with Crippen molar-refractivity contribution in [3.8, 4) is 0 Å². The molecule has 2 aliphatic heterocycles. The number of carbonyl (C=O) groups is 1. The largest absolute Gasteiger partial charge is 0.384 e. The van der Waals surface area contributed by atoms with Crippen molar-refractivity contribution in [1.29, 1.82) is 0 Å². The second-order valence-corrected chi connectivity index (χ2v) is 6.05. The van der Waals surface area contributed by atoms with Crippen LogP contribution in [0.4, 0.5) is 0 Å². The van der Waals surface area contributed by atoms with Crippen molar-refractivity contribution in [2.45, 2.75) is 45.1 Å². The van der Waals surface area contributed by atoms with Gasteiger partial charge in [0, 0.05) is 20.2 Å². The standard InChI is InChI=1S/C15H28N2O2/c1-3-12-6-7-16-14(9-12)15(18)17-8-4-5-13(10-17)11-19-2/h12-14,16H,3-11H2,1-2H3. The molecule has 2 saturated heterocycles. The molecule has 110 valence electrons. The average Bonchev–Trinajstić information content (AvgIpc) is 2.47. The zero-order chi connectivity index (χ0) is 13.7. The van der Waals surface area contributed by atoms with E-state index in [9.17, 15) is 4.79 Å². The maximum absolute atomic E-state index is 12.6. The number of nitrogens with one attached hydrogen (secondary N) is 1. The van der Waals surface area contributed by atoms with E-state index in [1.165, 1.54) is 19.3 Å². The number of hydrogen-bond acceptors (Lipinski definition) is 3. The van der Waals surface area contributed by atoms with E-state index >= 15 is 0 Å². The van der Waals surface area contributed by atoms with Crippen LogP contribution in [0.25, 0.3) is 0 Å². The van der Waals surface area contributed by atoms with Crippen molar-refractivity contribution in [3.63, 3.8) is 0 Å². The summed E-state index contributed by atoms with van der Waals surface area (Å²) in [5.41, 5.74) is 0. The lowest BCUT2D eigenvalue weighted by molar-refractivity contribution is -0.136. The van der Waals surface area contributed by atoms with Crippen LogP contribution in [0.2, 0.25) is 0 Å². The van der Waals surface area contributed by atoms with Gasteiger partial charge in [0.25, 0.3) is 0 Å². The molecular formula is C15H28N2O2. The van der Waals surface area contributed by atoms with Crippen molar-refractivity contribution < 1.29 is 9.53 Å². The summed E-state index contributed by atoms with van der Waals surface area (Å²) in [5.74, 6) is 1.56. The number of likely N-dealkylation sites (tertiary alicyclic amines) is 1. The van der Waals surface area contributed by atoms with Gasteiger partial charge in [-0.05, 0) is 44.1 Å². The van der Waals surface area contributed by atoms with Gasteiger partial charge in [-0.25, -0.2) is 0 Å². The minimum atomic E-state index is 0.0556. The predicted molar refractivity (Wildman–Crippen MR) is 76.0 cm³/mol. The third kappa shape index (κ3) is 3.93. The van der Waals surface area contributed by atoms with Gasteiger partial charge in [0.1, 0.15) is 0 Å². The Balaban J connectivity index is 1.87. The van der Waals surface area contributed by atoms with Crippen LogP contribution in [-0.2, 0) is 9.53 Å². The number of carbonyl (C=O) groups excluding carboxylic acids is 1. The number of methoxy groups -OCH3 is 1. The van der Waals surface area contributed by atoms with Crippen LogP contribution in [0.1, 0.15) is 39.0 Å². The van der Waals surface area contributed by atoms with Crippen molar-refractivity contribution >= 4 is 5.91 Å². The molecule has 0 spiro atoms. The van der Waals surface area contributed by atoms with Crippen molar-refractivity contribution in [2.24, 2.45) is 11.8 Å². The van der Waals surface area contributed by atoms with Crippen molar-refractivity contribution in [3.05, 3.63) is 0 Å². The monoisotopic (exact) mass is 268 g/mol. The second kappa shape index (κ2) is 7.25. The molecule has 0 aliphatic carbocycles. The fourth-order valence-corrected chi connectivity index (χ4v) is 3.41. The fourth-order valence-electron chi connectivity index (χ4n) is 3.41. The van der Waals surface area contributed by atoms with E-state index in [2.05, 4.69) is 17.1 Å². The molecule has 1 amide bonds. The Morgan fingerprint density at radius 2 is 2.21 bits per heavy atom. The molecule has 0 saturated carbocycles. The molecule has 0 aromatic rings. The molecule has 0 radical (unpaired) electrons. The number of hydrogen-bond donors (Lipinski definition) is 1. The summed E-state index contributed by atoms with van der Waals surface area (Å²) in [6, 6.07) is 0.0556. The molecule has 2 aliphatic rings. The minimum Gasteiger partial charge on any atom is -0.384 e. The van der Waals surface area contributed by atoms with Gasteiger partial charge in [0.15, 0.2) is 0 Å². The molecule has 4 nitrogen and oxygen atoms in total. The summed E-state index contributed by atoms with van der Waals surface area (Å²) in [6.07, 6.45) is 5.72. The van der Waals surface area contributed by atoms with Gasteiger partial charge in [0.2, 0.25) is 5.91 Å². The van der Waals surface area contributed by atoms with Crippen LogP contribution in [0, 0.1) is 11.8 Å². The van der Waals surface area contributed by atoms with Gasteiger partial charge in [-0.15, -0.1) is 0 Å². The Hall–Kier alpha value is -0.610. The summed E-state index contributed by atoms with van der Waals surface area (Å²) < 4.78 is 5.24. The molecule has 0 aromatic carbocycles. The summed E-state index contributed by atoms with van der Waals surface area (Å²) in [7, 11) is 1.75. The van der Waals surface area contributed by atoms with Gasteiger partial charge >= 0.3 is 0 Å². The number of amides is 1. The van der Waals surface area contributed by atoms with E-state index in [0.29, 0.717) is 11.8 Å². The van der Waals surface area contributed by atoms with Gasteiger partial charge in [-0.1, -0.05) is 13.3 Å². The highest BCUT2D eigenvalue weighted by Crippen LogP contribution is 2.23. The number of rotatable bonds is 4. The summed E-state index contributed by atoms with van der Waals surface area (Å²) in [4.78, 5) is 14.6. The van der Waals surface area contributed by atoms with Crippen LogP contribution >= 0.6 is 0 Å². The lowest BCUT2D eigenvalue weighted by atomic mass is 9.89. The summed E-state index contributed by atoms with van der Waals surface area (Å²) in [5, 5.41) is 3.40. The molecule has 4 heteroatoms. The Morgan fingerprint density at radius 3 is 2.95 bits per heavy atom. The first-order valence-electron chi connectivity index (χ1n) is 7.75. The van der Waals surface area contributed by atoms with E-state index in [-0.39, 0.29) is 6.04 Å². The minimum absolute atomic E-state index is 0.0556. The fraction of sp³-hybridized carbons (Fsp3) is 0.933. The molecule has 0 aromatic heterocycles. The maximum Gasteiger partial charge on any atom is 0.239 e. The lowest BCUT2D eigenvalue weighted by Crippen LogP contribution is -2.52. The zero-order valence-corrected chi connectivity index (χ0v) is 12.4. The summed E-state index contributed by atoms with van der Waals surface area (Å²) >= 11 is 0. The maximum atomic E-state index is 12.6. The van der Waals surface area contributed by atoms with Crippen molar-refractivity contribution in [2.75, 3.05) is 33.4 Å². The first-order valence-corrected chi connectivity index (χ1v) is 7.75. The predicted octanol–water partition coefficient (Wildman–Crippen LogP) is 1.65. The summed E-state index contributed by atoms with van der Waals surface area (Å²) in [6.45, 7) is 5.80. The van der Waals surface area contributed by atoms with Crippen molar-refractivity contribution in [1.82, 2.24) is 10.2 Å². The first kappa shape index (κ1) is 14.8. The van der Waals surface area contributed by atoms with E-state index in [1.807, 2.05) is 0 Å². The Bertz CT molecular complexity index is 294. The second-order valence-electron chi connectivity index (χ2n) is 6.05. The van der Waals surface area contributed by atoms with Gasteiger partial charge in [-0.2, -0.15) is 0 Å². The molecule has 2 fully saturated rings. The van der Waals surface area contributed by atoms with Gasteiger partial charge < -0.3 is 15.0 Å². The zero-order valence-electron chi connectivity index (χ0n) is 12.4. The van der Waals surface area contributed by atoms with E-state index < -0.39 is 0 Å². The third-order valence-electron chi connectivity index (χ3n) is 4.62. The molecule has 3 unspecified atom stereocenters. The quantitative estimate of drug-likeness (QED) is 0.843. The highest BCUT2D eigenvalue weighted by Gasteiger charge is 2.31. The molecule has 1 N–H and O–H groups in total. The molecule has 0 bridgehead atoms. The third-order valence-corrected chi connectivity index (χ3v) is 4.62. The van der Waals surface area contributed by atoms with Gasteiger partial charge in [-0.3, -0.25) is 4.79 Å². The molecule has 2 rings (SSSR count). The Labute approximate surface area is 116 Å². The smallest absolute Gasteiger partial charge is 0.239 e. The van der Waals surface area contributed by atoms with E-state index in [0.717, 1.165) is 45.0 Å². The number of ether oxygens (including phenoxy) is 1. The lowest BCUT2D eigenvalue weighted by Gasteiger charge is -2.37. The Morgan fingerprint density at radius 1 is 1.37 bits per heavy atom. The van der Waals surface area contributed by atoms with E-state index in [4.69, 9.17) is 4.74 Å². The highest BCUT2D eigenvalue weighted by atomic mass is 16.5. The van der Waals surface area contributed by atoms with Crippen LogP contribution in [0.3, 0.4) is 0 Å². The van der Waals surface area contributed by atoms with Gasteiger partial charge in [0.05, 0.1) is 12.6 Å². The Kier molecular flexibility index (Phi) is 5.64. The SMILES string of the molecule is CCC1CCNC(C(=O)N2CCCC(COC)C2)C1. The first-order chi connectivity index (χ1) is 9.24. The van der Waals surface area contributed by atoms with Crippen LogP contribution in [0.5, 0.6) is 0 Å². The van der Waals surface area contributed by atoms with Crippen LogP contribution in [0.15, 0.2) is 0 Å². The van der Waals surface area contributed by atoms with Crippen LogP contribution in [-0.4, -0.2) is 50.2 Å².